The van der Waals surface area contributed by atoms with Crippen LogP contribution in [0.4, 0.5) is 0 Å². The minimum Gasteiger partial charge on any atom is -0.496 e. The molecule has 0 aromatic heterocycles. The van der Waals surface area contributed by atoms with Crippen molar-refractivity contribution in [2.75, 3.05) is 12.9 Å². The first-order valence-corrected chi connectivity index (χ1v) is 6.68. The van der Waals surface area contributed by atoms with Crippen molar-refractivity contribution in [3.8, 4) is 5.75 Å². The van der Waals surface area contributed by atoms with Crippen LogP contribution in [0.3, 0.4) is 0 Å². The summed E-state index contributed by atoms with van der Waals surface area (Å²) in [6.45, 7) is 4.36. The van der Waals surface area contributed by atoms with Crippen LogP contribution in [-0.4, -0.2) is 23.9 Å². The van der Waals surface area contributed by atoms with E-state index in [-0.39, 0.29) is 5.56 Å². The molecule has 1 aromatic carbocycles. The van der Waals surface area contributed by atoms with Gasteiger partial charge in [0.15, 0.2) is 0 Å². The normalized spacial score (nSPS) is 10.6. The summed E-state index contributed by atoms with van der Waals surface area (Å²) >= 11 is 1.84. The third-order valence-corrected chi connectivity index (χ3v) is 3.66. The van der Waals surface area contributed by atoms with E-state index in [2.05, 4.69) is 13.8 Å². The molecular weight excluding hydrogens is 236 g/mol. The maximum absolute atomic E-state index is 10.9. The minimum atomic E-state index is -0.955. The van der Waals surface area contributed by atoms with E-state index >= 15 is 0 Å². The van der Waals surface area contributed by atoms with Gasteiger partial charge in [-0.2, -0.15) is 11.8 Å². The van der Waals surface area contributed by atoms with Gasteiger partial charge in [0.05, 0.1) is 7.11 Å². The lowest BCUT2D eigenvalue weighted by Gasteiger charge is -2.08. The first-order chi connectivity index (χ1) is 8.04. The van der Waals surface area contributed by atoms with Gasteiger partial charge in [0, 0.05) is 5.75 Å². The molecule has 0 saturated carbocycles. The van der Waals surface area contributed by atoms with Crippen LogP contribution < -0.4 is 4.74 Å². The van der Waals surface area contributed by atoms with E-state index in [0.29, 0.717) is 11.7 Å². The van der Waals surface area contributed by atoms with Gasteiger partial charge in [0.1, 0.15) is 11.3 Å². The van der Waals surface area contributed by atoms with Crippen molar-refractivity contribution in [1.82, 2.24) is 0 Å². The standard InChI is InChI=1S/C13H18O3S/c1-9(2)7-17-8-10-4-5-11(13(14)15)12(6-10)16-3/h4-6,9H,7-8H2,1-3H3,(H,14,15). The lowest BCUT2D eigenvalue weighted by Crippen LogP contribution is -2.01. The topological polar surface area (TPSA) is 46.5 Å². The molecule has 17 heavy (non-hydrogen) atoms. The van der Waals surface area contributed by atoms with Crippen LogP contribution in [0.15, 0.2) is 18.2 Å². The Labute approximate surface area is 106 Å². The van der Waals surface area contributed by atoms with Gasteiger partial charge in [-0.1, -0.05) is 19.9 Å². The fraction of sp³-hybridized carbons (Fsp3) is 0.462. The average Bonchev–Trinajstić information content (AvgIpc) is 2.28. The van der Waals surface area contributed by atoms with Crippen LogP contribution in [0.2, 0.25) is 0 Å². The Morgan fingerprint density at radius 1 is 1.47 bits per heavy atom. The van der Waals surface area contributed by atoms with Gasteiger partial charge in [-0.3, -0.25) is 0 Å². The van der Waals surface area contributed by atoms with Crippen LogP contribution in [-0.2, 0) is 5.75 Å². The molecule has 94 valence electrons. The highest BCUT2D eigenvalue weighted by atomic mass is 32.2. The van der Waals surface area contributed by atoms with Crippen molar-refractivity contribution in [2.45, 2.75) is 19.6 Å². The summed E-state index contributed by atoms with van der Waals surface area (Å²) in [5.74, 6) is 2.13. The average molecular weight is 254 g/mol. The van der Waals surface area contributed by atoms with Gasteiger partial charge in [-0.15, -0.1) is 0 Å². The van der Waals surface area contributed by atoms with Gasteiger partial charge in [-0.05, 0) is 29.4 Å². The van der Waals surface area contributed by atoms with E-state index in [9.17, 15) is 4.79 Å². The Morgan fingerprint density at radius 3 is 2.71 bits per heavy atom. The number of aromatic carboxylic acids is 1. The Kier molecular flexibility index (Phi) is 5.35. The fourth-order valence-corrected chi connectivity index (χ4v) is 2.42. The van der Waals surface area contributed by atoms with Crippen LogP contribution in [0.5, 0.6) is 5.75 Å². The Bertz CT molecular complexity index is 388. The van der Waals surface area contributed by atoms with Crippen LogP contribution in [0.1, 0.15) is 29.8 Å². The molecule has 0 amide bonds. The molecule has 0 bridgehead atoms. The van der Waals surface area contributed by atoms with Crippen molar-refractivity contribution in [2.24, 2.45) is 5.92 Å². The second kappa shape index (κ2) is 6.55. The maximum atomic E-state index is 10.9. The fourth-order valence-electron chi connectivity index (χ4n) is 1.41. The highest BCUT2D eigenvalue weighted by Crippen LogP contribution is 2.23. The van der Waals surface area contributed by atoms with E-state index in [0.717, 1.165) is 17.1 Å². The molecule has 0 saturated heterocycles. The summed E-state index contributed by atoms with van der Waals surface area (Å²) in [6, 6.07) is 5.25. The monoisotopic (exact) mass is 254 g/mol. The number of thioether (sulfide) groups is 1. The molecule has 0 atom stereocenters. The smallest absolute Gasteiger partial charge is 0.339 e. The molecule has 0 radical (unpaired) electrons. The van der Waals surface area contributed by atoms with Gasteiger partial charge < -0.3 is 9.84 Å². The number of hydrogen-bond acceptors (Lipinski definition) is 3. The number of carboxylic acids is 1. The van der Waals surface area contributed by atoms with E-state index in [1.54, 1.807) is 12.1 Å². The molecular formula is C13H18O3S. The van der Waals surface area contributed by atoms with Gasteiger partial charge in [-0.25, -0.2) is 4.79 Å². The van der Waals surface area contributed by atoms with Crippen molar-refractivity contribution in [1.29, 1.82) is 0 Å². The molecule has 1 rings (SSSR count). The van der Waals surface area contributed by atoms with Gasteiger partial charge in [0.2, 0.25) is 0 Å². The first kappa shape index (κ1) is 13.9. The van der Waals surface area contributed by atoms with Crippen molar-refractivity contribution in [3.63, 3.8) is 0 Å². The van der Waals surface area contributed by atoms with Crippen molar-refractivity contribution >= 4 is 17.7 Å². The zero-order valence-electron chi connectivity index (χ0n) is 10.4. The van der Waals surface area contributed by atoms with Gasteiger partial charge >= 0.3 is 5.97 Å². The van der Waals surface area contributed by atoms with Crippen molar-refractivity contribution < 1.29 is 14.6 Å². The zero-order valence-corrected chi connectivity index (χ0v) is 11.2. The molecule has 0 aliphatic carbocycles. The van der Waals surface area contributed by atoms with Crippen molar-refractivity contribution in [3.05, 3.63) is 29.3 Å². The molecule has 4 heteroatoms. The second-order valence-electron chi connectivity index (χ2n) is 4.25. The molecule has 1 N–H and O–H groups in total. The van der Waals surface area contributed by atoms with E-state index in [1.807, 2.05) is 17.8 Å². The number of methoxy groups -OCH3 is 1. The molecule has 0 heterocycles. The zero-order chi connectivity index (χ0) is 12.8. The summed E-state index contributed by atoms with van der Waals surface area (Å²) in [5, 5.41) is 8.95. The highest BCUT2D eigenvalue weighted by Gasteiger charge is 2.11. The minimum absolute atomic E-state index is 0.213. The Balaban J connectivity index is 2.72. The number of ether oxygens (including phenoxy) is 1. The van der Waals surface area contributed by atoms with Crippen LogP contribution in [0.25, 0.3) is 0 Å². The predicted octanol–water partition coefficient (Wildman–Crippen LogP) is 3.28. The second-order valence-corrected chi connectivity index (χ2v) is 5.28. The molecule has 0 fully saturated rings. The third-order valence-electron chi connectivity index (χ3n) is 2.22. The summed E-state index contributed by atoms with van der Waals surface area (Å²) in [5.41, 5.74) is 1.31. The number of benzene rings is 1. The summed E-state index contributed by atoms with van der Waals surface area (Å²) < 4.78 is 5.08. The molecule has 0 aliphatic rings. The Morgan fingerprint density at radius 2 is 2.18 bits per heavy atom. The van der Waals surface area contributed by atoms with E-state index < -0.39 is 5.97 Å². The maximum Gasteiger partial charge on any atom is 0.339 e. The lowest BCUT2D eigenvalue weighted by atomic mass is 10.1. The molecule has 1 aromatic rings. The number of hydrogen-bond donors (Lipinski definition) is 1. The summed E-state index contributed by atoms with van der Waals surface area (Å²) in [7, 11) is 1.49. The number of rotatable bonds is 6. The Hall–Kier alpha value is -1.16. The summed E-state index contributed by atoms with van der Waals surface area (Å²) in [6.07, 6.45) is 0. The van der Waals surface area contributed by atoms with E-state index in [1.165, 1.54) is 7.11 Å². The largest absolute Gasteiger partial charge is 0.496 e. The van der Waals surface area contributed by atoms with Crippen LogP contribution >= 0.6 is 11.8 Å². The molecule has 3 nitrogen and oxygen atoms in total. The van der Waals surface area contributed by atoms with Crippen LogP contribution in [0, 0.1) is 5.92 Å². The number of carboxylic acid groups (broad SMARTS) is 1. The first-order valence-electron chi connectivity index (χ1n) is 5.52. The lowest BCUT2D eigenvalue weighted by molar-refractivity contribution is 0.0693. The predicted molar refractivity (Wildman–Crippen MR) is 71.0 cm³/mol. The summed E-state index contributed by atoms with van der Waals surface area (Å²) in [4.78, 5) is 10.9. The number of carbonyl (C=O) groups is 1. The highest BCUT2D eigenvalue weighted by molar-refractivity contribution is 7.98. The third kappa shape index (κ3) is 4.30. The van der Waals surface area contributed by atoms with Gasteiger partial charge in [0.25, 0.3) is 0 Å². The quantitative estimate of drug-likeness (QED) is 0.846. The SMILES string of the molecule is COc1cc(CSCC(C)C)ccc1C(=O)O. The van der Waals surface area contributed by atoms with E-state index in [4.69, 9.17) is 9.84 Å². The molecule has 0 spiro atoms. The molecule has 0 aliphatic heterocycles. The molecule has 0 unspecified atom stereocenters.